The molecule has 0 spiro atoms. The van der Waals surface area contributed by atoms with Crippen molar-refractivity contribution in [3.63, 3.8) is 0 Å². The zero-order valence-electron chi connectivity index (χ0n) is 25.3. The Morgan fingerprint density at radius 2 is 1.38 bits per heavy atom. The molecule has 15 nitrogen and oxygen atoms in total. The fourth-order valence-corrected chi connectivity index (χ4v) is 4.93. The van der Waals surface area contributed by atoms with Gasteiger partial charge in [0.2, 0.25) is 5.95 Å². The first-order valence-electron chi connectivity index (χ1n) is 13.8. The number of halogens is 2. The van der Waals surface area contributed by atoms with Crippen molar-refractivity contribution >= 4 is 67.2 Å². The van der Waals surface area contributed by atoms with Crippen molar-refractivity contribution in [3.05, 3.63) is 119 Å². The van der Waals surface area contributed by atoms with Crippen LogP contribution in [0.5, 0.6) is 5.75 Å². The molecule has 5 aromatic rings. The Bertz CT molecular complexity index is 2250. The molecule has 1 aromatic heterocycles. The summed E-state index contributed by atoms with van der Waals surface area (Å²) >= 11 is 6.02. The molecule has 2 amide bonds. The maximum Gasteiger partial charge on any atom is 0.394 e. The van der Waals surface area contributed by atoms with E-state index in [1.54, 1.807) is 48.5 Å². The van der Waals surface area contributed by atoms with Gasteiger partial charge in [0.05, 0.1) is 10.6 Å². The lowest BCUT2D eigenvalue weighted by Gasteiger charge is -2.14. The molecule has 0 aliphatic rings. The first-order valence-corrected chi connectivity index (χ1v) is 17.0. The number of amides is 2. The van der Waals surface area contributed by atoms with E-state index in [0.29, 0.717) is 39.0 Å². The third kappa shape index (κ3) is 10.9. The van der Waals surface area contributed by atoms with Crippen molar-refractivity contribution in [1.29, 1.82) is 0 Å². The summed E-state index contributed by atoms with van der Waals surface area (Å²) in [5, 5.41) is 5.93. The fraction of sp³-hybridized carbons (Fsp3) is 0.0323. The van der Waals surface area contributed by atoms with Gasteiger partial charge < -0.3 is 26.8 Å². The standard InChI is InChI=1S/C31H24ClFN6O5S.H2O4S/c32-21-11-7-18(8-12-21)27-26(38-31(35)39-28(27)34)17-44-24-5-2-4-23(16-24)37-29(40)19-9-13-22(14-10-19)36-30(41)20-3-1-6-25(15-20)45(33,42)43;1-5(2,3)4/h1-16H,17H2,(H,36,41)(H,37,40)(H4,34,35,38,39);(H2,1,2,3,4). The molecule has 0 radical (unpaired) electrons. The Labute approximate surface area is 289 Å². The lowest BCUT2D eigenvalue weighted by Crippen LogP contribution is -2.14. The van der Waals surface area contributed by atoms with Crippen molar-refractivity contribution < 1.29 is 44.2 Å². The highest BCUT2D eigenvalue weighted by Crippen LogP contribution is 2.30. The van der Waals surface area contributed by atoms with Crippen molar-refractivity contribution in [2.24, 2.45) is 0 Å². The number of benzene rings is 4. The lowest BCUT2D eigenvalue weighted by molar-refractivity contribution is 0.101. The van der Waals surface area contributed by atoms with E-state index >= 15 is 0 Å². The molecule has 19 heteroatoms. The third-order valence-corrected chi connectivity index (χ3v) is 7.48. The number of hydrogen-bond acceptors (Lipinski definition) is 11. The lowest BCUT2D eigenvalue weighted by atomic mass is 10.0. The predicted octanol–water partition coefficient (Wildman–Crippen LogP) is 5.05. The van der Waals surface area contributed by atoms with Crippen LogP contribution >= 0.6 is 11.6 Å². The molecular formula is C31H26ClFN6O9S2. The van der Waals surface area contributed by atoms with Crippen LogP contribution in [-0.2, 0) is 27.2 Å². The van der Waals surface area contributed by atoms with E-state index in [9.17, 15) is 21.9 Å². The zero-order chi connectivity index (χ0) is 36.6. The maximum atomic E-state index is 13.3. The third-order valence-electron chi connectivity index (χ3n) is 6.41. The second kappa shape index (κ2) is 15.7. The minimum absolute atomic E-state index is 0.00290. The van der Waals surface area contributed by atoms with Gasteiger partial charge in [0.1, 0.15) is 18.2 Å². The van der Waals surface area contributed by atoms with Crippen LogP contribution in [0, 0.1) is 0 Å². The molecule has 0 saturated heterocycles. The van der Waals surface area contributed by atoms with Gasteiger partial charge >= 0.3 is 20.6 Å². The minimum atomic E-state index is -4.96. The first-order chi connectivity index (χ1) is 23.5. The van der Waals surface area contributed by atoms with Gasteiger partial charge in [-0.2, -0.15) is 21.8 Å². The van der Waals surface area contributed by atoms with E-state index in [2.05, 4.69) is 20.6 Å². The van der Waals surface area contributed by atoms with Gasteiger partial charge in [0.15, 0.2) is 0 Å². The summed E-state index contributed by atoms with van der Waals surface area (Å²) in [7, 11) is -9.63. The van der Waals surface area contributed by atoms with Crippen LogP contribution in [0.3, 0.4) is 0 Å². The molecule has 4 aromatic carbocycles. The summed E-state index contributed by atoms with van der Waals surface area (Å²) in [4.78, 5) is 33.2. The van der Waals surface area contributed by atoms with E-state index in [0.717, 1.165) is 17.7 Å². The molecule has 0 fully saturated rings. The maximum absolute atomic E-state index is 13.3. The summed E-state index contributed by atoms with van der Waals surface area (Å²) in [5.41, 5.74) is 14.8. The molecule has 0 saturated carbocycles. The smallest absolute Gasteiger partial charge is 0.394 e. The van der Waals surface area contributed by atoms with E-state index in [1.807, 2.05) is 0 Å². The highest BCUT2D eigenvalue weighted by molar-refractivity contribution is 7.86. The second-order valence-corrected chi connectivity index (χ2v) is 12.7. The van der Waals surface area contributed by atoms with Gasteiger partial charge in [-0.1, -0.05) is 35.9 Å². The Morgan fingerprint density at radius 3 is 2.02 bits per heavy atom. The van der Waals surface area contributed by atoms with Crippen molar-refractivity contribution in [1.82, 2.24) is 9.97 Å². The molecular weight excluding hydrogens is 719 g/mol. The van der Waals surface area contributed by atoms with Gasteiger partial charge in [-0.05, 0) is 72.3 Å². The van der Waals surface area contributed by atoms with Crippen molar-refractivity contribution in [2.45, 2.75) is 11.5 Å². The number of nitrogens with two attached hydrogens (primary N) is 2. The second-order valence-electron chi connectivity index (χ2n) is 10.0. The number of nitrogens with one attached hydrogen (secondary N) is 2. The Kier molecular flexibility index (Phi) is 11.7. The summed E-state index contributed by atoms with van der Waals surface area (Å²) in [5.74, 6) is -0.448. The number of carbonyl (C=O) groups excluding carboxylic acids is 2. The SMILES string of the molecule is Nc1nc(N)c(-c2ccc(Cl)cc2)c(COc2cccc(NC(=O)c3ccc(NC(=O)c4cccc(S(=O)(=O)F)c4)cc3)c2)n1.O=S(=O)(O)O. The van der Waals surface area contributed by atoms with E-state index in [1.165, 1.54) is 36.4 Å². The van der Waals surface area contributed by atoms with Crippen LogP contribution in [0.25, 0.3) is 11.1 Å². The zero-order valence-corrected chi connectivity index (χ0v) is 27.7. The molecule has 0 bridgehead atoms. The number of nitrogen functional groups attached to an aromatic ring is 2. The molecule has 50 heavy (non-hydrogen) atoms. The number of anilines is 4. The summed E-state index contributed by atoms with van der Waals surface area (Å²) < 4.78 is 73.1. The van der Waals surface area contributed by atoms with E-state index in [-0.39, 0.29) is 23.9 Å². The summed E-state index contributed by atoms with van der Waals surface area (Å²) in [6, 6.07) is 24.3. The van der Waals surface area contributed by atoms with Crippen molar-refractivity contribution in [2.75, 3.05) is 22.1 Å². The topological polar surface area (TPSA) is 254 Å². The predicted molar refractivity (Wildman–Crippen MR) is 183 cm³/mol. The number of aromatic nitrogens is 2. The van der Waals surface area contributed by atoms with Gasteiger partial charge in [0.25, 0.3) is 11.8 Å². The Hall–Kier alpha value is -5.66. The van der Waals surface area contributed by atoms with Gasteiger partial charge in [-0.3, -0.25) is 18.7 Å². The number of hydrogen-bond donors (Lipinski definition) is 6. The minimum Gasteiger partial charge on any atom is -0.487 e. The number of ether oxygens (including phenoxy) is 1. The molecule has 0 unspecified atom stereocenters. The molecule has 8 N–H and O–H groups in total. The van der Waals surface area contributed by atoms with Gasteiger partial charge in [-0.15, -0.1) is 3.89 Å². The first kappa shape index (κ1) is 37.2. The average Bonchev–Trinajstić information content (AvgIpc) is 3.03. The molecule has 1 heterocycles. The van der Waals surface area contributed by atoms with Gasteiger partial charge in [-0.25, -0.2) is 4.98 Å². The van der Waals surface area contributed by atoms with E-state index in [4.69, 9.17) is 45.3 Å². The molecule has 5 rings (SSSR count). The highest BCUT2D eigenvalue weighted by atomic mass is 35.5. The number of rotatable bonds is 9. The monoisotopic (exact) mass is 744 g/mol. The van der Waals surface area contributed by atoms with Crippen LogP contribution < -0.4 is 26.8 Å². The molecule has 260 valence electrons. The Morgan fingerprint density at radius 1 is 0.780 bits per heavy atom. The summed E-state index contributed by atoms with van der Waals surface area (Å²) in [6.07, 6.45) is 0. The molecule has 0 aliphatic heterocycles. The van der Waals surface area contributed by atoms with Crippen LogP contribution in [0.1, 0.15) is 26.4 Å². The van der Waals surface area contributed by atoms with Crippen LogP contribution in [0.4, 0.5) is 27.0 Å². The van der Waals surface area contributed by atoms with Crippen LogP contribution in [-0.4, -0.2) is 47.7 Å². The van der Waals surface area contributed by atoms with Gasteiger partial charge in [0, 0.05) is 39.2 Å². The summed E-state index contributed by atoms with van der Waals surface area (Å²) in [6.45, 7) is 0.00729. The largest absolute Gasteiger partial charge is 0.487 e. The van der Waals surface area contributed by atoms with Crippen molar-refractivity contribution in [3.8, 4) is 16.9 Å². The van der Waals surface area contributed by atoms with Crippen LogP contribution in [0.2, 0.25) is 5.02 Å². The highest BCUT2D eigenvalue weighted by Gasteiger charge is 2.17. The van der Waals surface area contributed by atoms with E-state index < -0.39 is 37.3 Å². The Balaban J connectivity index is 0.00000105. The fourth-order valence-electron chi connectivity index (χ4n) is 4.30. The molecule has 0 aliphatic carbocycles. The van der Waals surface area contributed by atoms with Crippen LogP contribution in [0.15, 0.2) is 102 Å². The average molecular weight is 745 g/mol. The number of carbonyl (C=O) groups is 2. The quantitative estimate of drug-likeness (QED) is 0.0854. The normalized spacial score (nSPS) is 11.1. The molecule has 0 atom stereocenters. The number of nitrogens with zero attached hydrogens (tertiary/aromatic N) is 2.